The van der Waals surface area contributed by atoms with Gasteiger partial charge in [0, 0.05) is 134 Å². The first kappa shape index (κ1) is 74.5. The van der Waals surface area contributed by atoms with Crippen LogP contribution < -0.4 is 26.0 Å². The van der Waals surface area contributed by atoms with Gasteiger partial charge >= 0.3 is 0 Å². The van der Waals surface area contributed by atoms with Crippen LogP contribution in [0.1, 0.15) is 128 Å². The summed E-state index contributed by atoms with van der Waals surface area (Å²) in [5.41, 5.74) is 4.58. The molecule has 0 saturated carbocycles. The number of Topliss-reactive ketones (excluding diaryl/α,β-unsaturated/α-hetero) is 4. The van der Waals surface area contributed by atoms with E-state index in [4.69, 9.17) is 14.2 Å². The van der Waals surface area contributed by atoms with Crippen molar-refractivity contribution in [3.05, 3.63) is 130 Å². The number of thioether (sulfide) groups is 1. The number of ketones is 4. The number of nitrogens with zero attached hydrogens (tertiary/aromatic N) is 7. The maximum Gasteiger partial charge on any atom is 0.279 e. The second-order valence-electron chi connectivity index (χ2n) is 25.0. The van der Waals surface area contributed by atoms with E-state index in [-0.39, 0.29) is 199 Å². The summed E-state index contributed by atoms with van der Waals surface area (Å²) in [6.07, 6.45) is 9.03. The fourth-order valence-electron chi connectivity index (χ4n) is 12.2. The van der Waals surface area contributed by atoms with Gasteiger partial charge in [-0.05, 0) is 104 Å². The highest BCUT2D eigenvalue weighted by Gasteiger charge is 2.46. The number of fused-ring (bicyclic) bond motifs is 3. The van der Waals surface area contributed by atoms with Crippen molar-refractivity contribution in [2.24, 2.45) is 21.1 Å². The third kappa shape index (κ3) is 19.2. The second kappa shape index (κ2) is 33.4. The lowest BCUT2D eigenvalue weighted by atomic mass is 9.98. The summed E-state index contributed by atoms with van der Waals surface area (Å²) < 4.78 is 58.1. The van der Waals surface area contributed by atoms with Gasteiger partial charge < -0.3 is 54.1 Å². The molecule has 100 heavy (non-hydrogen) atoms. The van der Waals surface area contributed by atoms with Gasteiger partial charge in [-0.2, -0.15) is 20.2 Å². The average Bonchev–Trinajstić information content (AvgIpc) is 1.61. The molecule has 29 nitrogen and oxygen atoms in total. The zero-order valence-corrected chi connectivity index (χ0v) is 57.9. The van der Waals surface area contributed by atoms with Crippen molar-refractivity contribution in [2.45, 2.75) is 107 Å². The molecule has 2 unspecified atom stereocenters. The van der Waals surface area contributed by atoms with Gasteiger partial charge in [-0.25, -0.2) is 4.98 Å². The summed E-state index contributed by atoms with van der Waals surface area (Å²) in [6, 6.07) is 12.5. The summed E-state index contributed by atoms with van der Waals surface area (Å²) >= 11 is 1.32. The first-order valence-corrected chi connectivity index (χ1v) is 35.4. The third-order valence-electron chi connectivity index (χ3n) is 17.4. The molecule has 532 valence electrons. The second-order valence-corrected chi connectivity index (χ2v) is 27.7. The molecule has 5 N–H and O–H groups in total. The zero-order chi connectivity index (χ0) is 72.1. The van der Waals surface area contributed by atoms with Gasteiger partial charge in [0.2, 0.25) is 35.3 Å². The fraction of sp³-hybridized carbons (Fsp3) is 0.435. The van der Waals surface area contributed by atoms with Crippen LogP contribution in [0.15, 0.2) is 85.5 Å². The van der Waals surface area contributed by atoms with Gasteiger partial charge in [0.05, 0.1) is 62.0 Å². The molecule has 0 radical (unpaired) electrons. The quantitative estimate of drug-likeness (QED) is 0.0119. The minimum atomic E-state index is -4.52. The molecule has 7 amide bonds. The predicted octanol–water partition coefficient (Wildman–Crippen LogP) is 4.45. The van der Waals surface area contributed by atoms with E-state index in [0.29, 0.717) is 68.8 Å². The number of hydrogen-bond donors (Lipinski definition) is 5. The Morgan fingerprint density at radius 3 is 2.16 bits per heavy atom. The number of nitrogens with one attached hydrogen (secondary N) is 4. The maximum absolute atomic E-state index is 14.0. The molecule has 4 aromatic heterocycles. The molecule has 7 heterocycles. The van der Waals surface area contributed by atoms with Crippen molar-refractivity contribution in [1.82, 2.24) is 43.7 Å². The number of hydrogen-bond acceptors (Lipinski definition) is 19. The van der Waals surface area contributed by atoms with E-state index in [1.54, 1.807) is 105 Å². The van der Waals surface area contributed by atoms with Crippen LogP contribution >= 0.6 is 11.8 Å². The number of rotatable bonds is 36. The number of aromatic nitrogens is 5. The van der Waals surface area contributed by atoms with Crippen LogP contribution in [0.25, 0.3) is 10.9 Å². The van der Waals surface area contributed by atoms with Crippen molar-refractivity contribution in [2.75, 3.05) is 76.1 Å². The molecule has 9 rings (SSSR count). The number of imide groups is 1. The SMILES string of the molecule is C=C1C[C@H]2C(S(=O)(=O)O)Cc3cc(OCCCC(=O)Nc4cn(C)c(C(=O)Cc5cc(C(=O)Nc6cc(C(=O)n7ccc8cc(CC(=O)CNC(=O)CCC(=O)CNC(=O)CCOCCOCCCC(=O)CCN9C(=O)CC(SC)C9=O)ccc87)n(C)c6)n(C)c5)n4)c(C)cc3C(=O)N2C1. The Kier molecular flexibility index (Phi) is 24.9. The summed E-state index contributed by atoms with van der Waals surface area (Å²) in [4.78, 5) is 161. The number of carbonyl (C=O) groups excluding carboxylic acids is 12. The predicted molar refractivity (Wildman–Crippen MR) is 367 cm³/mol. The highest BCUT2D eigenvalue weighted by atomic mass is 32.2. The van der Waals surface area contributed by atoms with Crippen molar-refractivity contribution in [3.63, 3.8) is 0 Å². The molecule has 2 fully saturated rings. The molecule has 3 aliphatic heterocycles. The van der Waals surface area contributed by atoms with Gasteiger partial charge in [-0.3, -0.25) is 71.6 Å². The van der Waals surface area contributed by atoms with Crippen molar-refractivity contribution in [3.8, 4) is 5.75 Å². The van der Waals surface area contributed by atoms with E-state index in [2.05, 4.69) is 32.8 Å². The normalized spacial score (nSPS) is 16.0. The maximum atomic E-state index is 14.0. The molecule has 2 aromatic carbocycles. The highest BCUT2D eigenvalue weighted by molar-refractivity contribution is 8.00. The first-order chi connectivity index (χ1) is 47.6. The summed E-state index contributed by atoms with van der Waals surface area (Å²) in [7, 11) is 0.393. The lowest BCUT2D eigenvalue weighted by Gasteiger charge is -2.26. The van der Waals surface area contributed by atoms with Gasteiger partial charge in [-0.1, -0.05) is 18.2 Å². The van der Waals surface area contributed by atoms with Crippen molar-refractivity contribution >= 4 is 115 Å². The molecule has 0 aliphatic carbocycles. The number of aryl methyl sites for hydroxylation is 4. The molecule has 3 aliphatic rings. The molecular weight excluding hydrogens is 1330 g/mol. The molecular formula is C69H81N11O18S2. The summed E-state index contributed by atoms with van der Waals surface area (Å²) in [5, 5.41) is 9.62. The van der Waals surface area contributed by atoms with Gasteiger partial charge in [0.15, 0.2) is 23.2 Å². The Hall–Kier alpha value is -9.69. The van der Waals surface area contributed by atoms with Crippen LogP contribution in [-0.2, 0) is 98.4 Å². The first-order valence-electron chi connectivity index (χ1n) is 32.6. The third-order valence-corrected chi connectivity index (χ3v) is 19.6. The fourth-order valence-corrected chi connectivity index (χ4v) is 13.9. The van der Waals surface area contributed by atoms with Crippen LogP contribution in [0.4, 0.5) is 11.5 Å². The van der Waals surface area contributed by atoms with Crippen molar-refractivity contribution < 1.29 is 84.7 Å². The molecule has 31 heteroatoms. The molecule has 0 bridgehead atoms. The van der Waals surface area contributed by atoms with Crippen molar-refractivity contribution in [1.29, 1.82) is 0 Å². The summed E-state index contributed by atoms with van der Waals surface area (Å²) in [6.45, 7) is 6.35. The largest absolute Gasteiger partial charge is 0.493 e. The standard InChI is InChI=1S/C69H81N11O18S2/c1-41-25-53-59(100(93,94)95)32-46-31-57(42(2)26-51(46)67(90)80(53)37-41)98-21-8-10-63(87)73-60-40-77(5)65(74-60)56(84)30-44-29-54(75(3)38-44)66(89)72-47-33-55(76(4)39-47)68(91)78-18-15-45-27-43(11-13-52(45)78)28-50(83)36-71-61(85)14-12-49(82)35-70-62(86)17-22-97-24-23-96-20-7-9-48(81)16-19-79-64(88)34-58(99-6)69(79)92/h11,13,15,18,26-27,29,31,33,38-40,53,58-59H,1,7-10,12,14,16-17,19-25,28,30,32,34-37H2,2-6H3,(H,70,86)(H,71,85)(H,72,89)(H,73,87)(H,93,94,95)/t53-,58?,59?/m0/s1. The monoisotopic (exact) mass is 1420 g/mol. The zero-order valence-electron chi connectivity index (χ0n) is 56.3. The number of imidazole rings is 1. The van der Waals surface area contributed by atoms with E-state index in [0.717, 1.165) is 4.90 Å². The van der Waals surface area contributed by atoms with Crippen LogP contribution in [0.3, 0.4) is 0 Å². The van der Waals surface area contributed by atoms with E-state index in [9.17, 15) is 70.5 Å². The van der Waals surface area contributed by atoms with E-state index in [1.807, 2.05) is 0 Å². The molecule has 6 aromatic rings. The number of carbonyl (C=O) groups is 12. The van der Waals surface area contributed by atoms with E-state index < -0.39 is 50.9 Å². The Balaban J connectivity index is 0.642. The Labute approximate surface area is 580 Å². The molecule has 3 atom stereocenters. The Morgan fingerprint density at radius 1 is 0.700 bits per heavy atom. The van der Waals surface area contributed by atoms with E-state index >= 15 is 0 Å². The smallest absolute Gasteiger partial charge is 0.279 e. The summed E-state index contributed by atoms with van der Waals surface area (Å²) in [5.74, 6) is -3.61. The Morgan fingerprint density at radius 2 is 1.42 bits per heavy atom. The Bertz CT molecular complexity index is 4330. The lowest BCUT2D eigenvalue weighted by molar-refractivity contribution is -0.138. The van der Waals surface area contributed by atoms with Crippen LogP contribution in [0, 0.1) is 6.92 Å². The number of anilines is 2. The number of benzene rings is 2. The van der Waals surface area contributed by atoms with Gasteiger partial charge in [-0.15, -0.1) is 0 Å². The lowest BCUT2D eigenvalue weighted by Crippen LogP contribution is -2.44. The topological polar surface area (TPSA) is 374 Å². The van der Waals surface area contributed by atoms with Crippen LogP contribution in [0.5, 0.6) is 5.75 Å². The minimum Gasteiger partial charge on any atom is -0.493 e. The average molecular weight is 1420 g/mol. The highest BCUT2D eigenvalue weighted by Crippen LogP contribution is 2.37. The number of likely N-dealkylation sites (tertiary alicyclic amines) is 1. The number of ether oxygens (including phenoxy) is 3. The number of amides is 7. The van der Waals surface area contributed by atoms with E-state index in [1.165, 1.54) is 38.1 Å². The molecule has 2 saturated heterocycles. The van der Waals surface area contributed by atoms with Crippen LogP contribution in [-0.4, -0.2) is 198 Å². The minimum absolute atomic E-state index is 0.00927. The molecule has 0 spiro atoms. The van der Waals surface area contributed by atoms with Gasteiger partial charge in [0.25, 0.3) is 27.8 Å². The van der Waals surface area contributed by atoms with Gasteiger partial charge in [0.1, 0.15) is 28.2 Å². The van der Waals surface area contributed by atoms with Crippen LogP contribution in [0.2, 0.25) is 0 Å².